The fraction of sp³-hybridized carbons (Fsp3) is 0.400. The molecule has 1 aromatic heterocycles. The number of hydrogen-bond donors (Lipinski definition) is 1. The van der Waals surface area contributed by atoms with Crippen LogP contribution in [0.25, 0.3) is 10.9 Å². The summed E-state index contributed by atoms with van der Waals surface area (Å²) in [5, 5.41) is 8.16. The smallest absolute Gasteiger partial charge is 0.243 e. The summed E-state index contributed by atoms with van der Waals surface area (Å²) in [6.07, 6.45) is 0.600. The molecule has 1 fully saturated rings. The van der Waals surface area contributed by atoms with Crippen molar-refractivity contribution in [3.05, 3.63) is 30.0 Å². The van der Waals surface area contributed by atoms with Gasteiger partial charge in [0.05, 0.1) is 24.3 Å². The van der Waals surface area contributed by atoms with E-state index in [1.165, 1.54) is 0 Å². The van der Waals surface area contributed by atoms with E-state index in [0.717, 1.165) is 16.6 Å². The quantitative estimate of drug-likeness (QED) is 0.908. The highest BCUT2D eigenvalue weighted by Gasteiger charge is 2.33. The highest BCUT2D eigenvalue weighted by atomic mass is 16.2. The minimum absolute atomic E-state index is 0.0591. The van der Waals surface area contributed by atoms with Crippen molar-refractivity contribution in [2.45, 2.75) is 25.9 Å². The van der Waals surface area contributed by atoms with Crippen LogP contribution in [0.4, 0.5) is 0 Å². The maximum Gasteiger partial charge on any atom is 0.243 e. The normalized spacial score (nSPS) is 19.1. The van der Waals surface area contributed by atoms with Gasteiger partial charge in [-0.05, 0) is 12.5 Å². The van der Waals surface area contributed by atoms with Crippen molar-refractivity contribution >= 4 is 22.7 Å². The fourth-order valence-electron chi connectivity index (χ4n) is 2.87. The lowest BCUT2D eigenvalue weighted by Crippen LogP contribution is -2.57. The number of para-hydroxylation sites is 1. The second kappa shape index (κ2) is 5.20. The van der Waals surface area contributed by atoms with Crippen molar-refractivity contribution in [2.75, 3.05) is 6.54 Å². The maximum absolute atomic E-state index is 12.1. The van der Waals surface area contributed by atoms with Gasteiger partial charge in [-0.1, -0.05) is 25.1 Å². The molecular weight excluding hydrogens is 268 g/mol. The maximum atomic E-state index is 12.1. The molecule has 0 aliphatic carbocycles. The predicted octanol–water partition coefficient (Wildman–Crippen LogP) is 0.810. The van der Waals surface area contributed by atoms with Gasteiger partial charge in [0.25, 0.3) is 0 Å². The summed E-state index contributed by atoms with van der Waals surface area (Å²) < 4.78 is 1.81. The highest BCUT2D eigenvalue weighted by Crippen LogP contribution is 2.21. The number of amides is 2. The molecule has 0 spiro atoms. The minimum atomic E-state index is -0.410. The Morgan fingerprint density at radius 2 is 2.10 bits per heavy atom. The monoisotopic (exact) mass is 286 g/mol. The summed E-state index contributed by atoms with van der Waals surface area (Å²) in [7, 11) is 1.88. The van der Waals surface area contributed by atoms with E-state index in [9.17, 15) is 9.59 Å². The van der Waals surface area contributed by atoms with E-state index >= 15 is 0 Å². The molecule has 0 radical (unpaired) electrons. The van der Waals surface area contributed by atoms with Crippen molar-refractivity contribution in [2.24, 2.45) is 7.05 Å². The summed E-state index contributed by atoms with van der Waals surface area (Å²) in [4.78, 5) is 25.7. The third kappa shape index (κ3) is 2.26. The lowest BCUT2D eigenvalue weighted by molar-refractivity contribution is -0.146. The zero-order chi connectivity index (χ0) is 15.0. The van der Waals surface area contributed by atoms with E-state index in [1.807, 2.05) is 38.2 Å². The van der Waals surface area contributed by atoms with Gasteiger partial charge in [0.15, 0.2) is 0 Å². The van der Waals surface area contributed by atoms with E-state index in [-0.39, 0.29) is 18.4 Å². The number of rotatable bonds is 3. The number of fused-ring (bicyclic) bond motifs is 1. The minimum Gasteiger partial charge on any atom is -0.345 e. The molecule has 2 amide bonds. The van der Waals surface area contributed by atoms with Gasteiger partial charge >= 0.3 is 0 Å². The Labute approximate surface area is 122 Å². The lowest BCUT2D eigenvalue weighted by atomic mass is 10.1. The fourth-order valence-corrected chi connectivity index (χ4v) is 2.87. The third-order valence-electron chi connectivity index (χ3n) is 3.95. The van der Waals surface area contributed by atoms with Crippen molar-refractivity contribution in [3.8, 4) is 0 Å². The van der Waals surface area contributed by atoms with Crippen LogP contribution < -0.4 is 5.32 Å². The Morgan fingerprint density at radius 1 is 1.33 bits per heavy atom. The zero-order valence-electron chi connectivity index (χ0n) is 12.2. The standard InChI is InChI=1S/C15H18N4O2/c1-3-12-15(21)16-8-14(20)19(12)9-11-10-6-4-5-7-13(10)18(2)17-11/h4-7,12H,3,8-9H2,1-2H3,(H,16,21). The molecule has 0 saturated carbocycles. The number of carbonyl (C=O) groups excluding carboxylic acids is 2. The molecule has 1 atom stereocenters. The van der Waals surface area contributed by atoms with Gasteiger partial charge in [-0.3, -0.25) is 14.3 Å². The third-order valence-corrected chi connectivity index (χ3v) is 3.95. The molecule has 1 aromatic carbocycles. The van der Waals surface area contributed by atoms with Crippen molar-refractivity contribution in [1.82, 2.24) is 20.0 Å². The lowest BCUT2D eigenvalue weighted by Gasteiger charge is -2.33. The summed E-state index contributed by atoms with van der Waals surface area (Å²) >= 11 is 0. The van der Waals surface area contributed by atoms with Gasteiger partial charge in [-0.15, -0.1) is 0 Å². The van der Waals surface area contributed by atoms with Crippen LogP contribution in [-0.4, -0.2) is 39.1 Å². The van der Waals surface area contributed by atoms with Gasteiger partial charge in [-0.25, -0.2) is 0 Å². The molecule has 3 rings (SSSR count). The number of aryl methyl sites for hydroxylation is 1. The molecule has 6 nitrogen and oxygen atoms in total. The SMILES string of the molecule is CCC1C(=O)NCC(=O)N1Cc1nn(C)c2ccccc12. The van der Waals surface area contributed by atoms with E-state index in [1.54, 1.807) is 9.58 Å². The second-order valence-corrected chi connectivity index (χ2v) is 5.25. The molecule has 0 bridgehead atoms. The number of nitrogens with one attached hydrogen (secondary N) is 1. The van der Waals surface area contributed by atoms with Crippen molar-refractivity contribution in [1.29, 1.82) is 0 Å². The van der Waals surface area contributed by atoms with Crippen LogP contribution in [0.5, 0.6) is 0 Å². The topological polar surface area (TPSA) is 67.2 Å². The first kappa shape index (κ1) is 13.6. The van der Waals surface area contributed by atoms with Crippen molar-refractivity contribution < 1.29 is 9.59 Å². The van der Waals surface area contributed by atoms with Crippen LogP contribution in [0.15, 0.2) is 24.3 Å². The van der Waals surface area contributed by atoms with E-state index in [2.05, 4.69) is 10.4 Å². The molecule has 1 saturated heterocycles. The van der Waals surface area contributed by atoms with E-state index < -0.39 is 6.04 Å². The van der Waals surface area contributed by atoms with E-state index in [0.29, 0.717) is 13.0 Å². The molecule has 6 heteroatoms. The van der Waals surface area contributed by atoms with Gasteiger partial charge in [-0.2, -0.15) is 5.10 Å². The van der Waals surface area contributed by atoms with E-state index in [4.69, 9.17) is 0 Å². The first-order chi connectivity index (χ1) is 10.1. The first-order valence-electron chi connectivity index (χ1n) is 7.09. The molecular formula is C15H18N4O2. The summed E-state index contributed by atoms with van der Waals surface area (Å²) in [5.74, 6) is -0.145. The molecule has 21 heavy (non-hydrogen) atoms. The summed E-state index contributed by atoms with van der Waals surface area (Å²) in [6, 6.07) is 7.49. The molecule has 110 valence electrons. The van der Waals surface area contributed by atoms with Gasteiger partial charge in [0.1, 0.15) is 6.04 Å². The predicted molar refractivity (Wildman–Crippen MR) is 78.4 cm³/mol. The summed E-state index contributed by atoms with van der Waals surface area (Å²) in [5.41, 5.74) is 1.85. The van der Waals surface area contributed by atoms with Crippen molar-refractivity contribution in [3.63, 3.8) is 0 Å². The highest BCUT2D eigenvalue weighted by molar-refractivity contribution is 5.95. The van der Waals surface area contributed by atoms with Crippen LogP contribution in [-0.2, 0) is 23.2 Å². The van der Waals surface area contributed by atoms with Crippen LogP contribution in [0.1, 0.15) is 19.0 Å². The Balaban J connectivity index is 1.96. The van der Waals surface area contributed by atoms with Crippen LogP contribution >= 0.6 is 0 Å². The molecule has 1 N–H and O–H groups in total. The Hall–Kier alpha value is -2.37. The first-order valence-corrected chi connectivity index (χ1v) is 7.09. The average molecular weight is 286 g/mol. The number of nitrogens with zero attached hydrogens (tertiary/aromatic N) is 3. The average Bonchev–Trinajstić information content (AvgIpc) is 2.80. The largest absolute Gasteiger partial charge is 0.345 e. The molecule has 1 unspecified atom stereocenters. The Bertz CT molecular complexity index is 707. The zero-order valence-corrected chi connectivity index (χ0v) is 12.2. The number of benzene rings is 1. The molecule has 2 aromatic rings. The van der Waals surface area contributed by atoms with Gasteiger partial charge in [0.2, 0.25) is 11.8 Å². The number of hydrogen-bond acceptors (Lipinski definition) is 3. The molecule has 2 heterocycles. The van der Waals surface area contributed by atoms with Gasteiger partial charge in [0, 0.05) is 12.4 Å². The molecule has 1 aliphatic rings. The van der Waals surface area contributed by atoms with Gasteiger partial charge < -0.3 is 10.2 Å². The Kier molecular flexibility index (Phi) is 3.37. The number of piperazine rings is 1. The number of aromatic nitrogens is 2. The van der Waals surface area contributed by atoms with Crippen LogP contribution in [0, 0.1) is 0 Å². The Morgan fingerprint density at radius 3 is 2.86 bits per heavy atom. The summed E-state index contributed by atoms with van der Waals surface area (Å²) in [6.45, 7) is 2.35. The number of carbonyl (C=O) groups is 2. The molecule has 1 aliphatic heterocycles. The van der Waals surface area contributed by atoms with Crippen LogP contribution in [0.3, 0.4) is 0 Å². The second-order valence-electron chi connectivity index (χ2n) is 5.25. The van der Waals surface area contributed by atoms with Crippen LogP contribution in [0.2, 0.25) is 0 Å².